The van der Waals surface area contributed by atoms with Crippen LogP contribution in [0, 0.1) is 5.41 Å². The Balaban J connectivity index is 1.92. The molecule has 1 saturated carbocycles. The van der Waals surface area contributed by atoms with E-state index in [0.29, 0.717) is 0 Å². The van der Waals surface area contributed by atoms with Gasteiger partial charge in [-0.15, -0.1) is 0 Å². The molecule has 0 bridgehead atoms. The molecule has 1 heterocycles. The van der Waals surface area contributed by atoms with Crippen LogP contribution in [0.4, 0.5) is 13.2 Å². The van der Waals surface area contributed by atoms with Crippen LogP contribution >= 0.6 is 0 Å². The highest BCUT2D eigenvalue weighted by atomic mass is 19.4. The molecule has 1 saturated heterocycles. The number of halogens is 3. The number of likely N-dealkylation sites (tertiary alicyclic amines) is 1. The summed E-state index contributed by atoms with van der Waals surface area (Å²) >= 11 is 0. The van der Waals surface area contributed by atoms with Crippen molar-refractivity contribution in [2.45, 2.75) is 31.0 Å². The lowest BCUT2D eigenvalue weighted by atomic mass is 9.94. The van der Waals surface area contributed by atoms with E-state index in [9.17, 15) is 18.0 Å². The first-order valence-corrected chi connectivity index (χ1v) is 6.43. The Morgan fingerprint density at radius 3 is 2.55 bits per heavy atom. The monoisotopic (exact) mass is 282 g/mol. The van der Waals surface area contributed by atoms with Crippen molar-refractivity contribution < 1.29 is 18.0 Å². The smallest absolute Gasteiger partial charge is 0.333 e. The summed E-state index contributed by atoms with van der Waals surface area (Å²) in [6, 6.07) is 4.92. The van der Waals surface area contributed by atoms with E-state index in [-0.39, 0.29) is 29.8 Å². The third-order valence-corrected chi connectivity index (χ3v) is 3.75. The number of benzene rings is 1. The van der Waals surface area contributed by atoms with Gasteiger partial charge in [0.1, 0.15) is 5.92 Å². The van der Waals surface area contributed by atoms with Crippen LogP contribution in [-0.4, -0.2) is 29.1 Å². The van der Waals surface area contributed by atoms with E-state index < -0.39 is 17.7 Å². The molecule has 1 atom stereocenters. The van der Waals surface area contributed by atoms with Gasteiger partial charge in [-0.05, 0) is 24.5 Å². The molecular weight excluding hydrogens is 269 g/mol. The third-order valence-electron chi connectivity index (χ3n) is 3.75. The number of nitrogens with zero attached hydrogens (tertiary/aromatic N) is 1. The minimum absolute atomic E-state index is 0.179. The SMILES string of the molecule is N=C1CN(C2CC2)C(=O)C1c1cccc(C(F)(F)F)c1. The molecule has 2 aliphatic rings. The normalized spacial score (nSPS) is 23.6. The van der Waals surface area contributed by atoms with Crippen LogP contribution in [0.2, 0.25) is 0 Å². The predicted octanol–water partition coefficient (Wildman–Crippen LogP) is 2.81. The predicted molar refractivity (Wildman–Crippen MR) is 66.6 cm³/mol. The molecule has 1 unspecified atom stereocenters. The molecule has 106 valence electrons. The zero-order chi connectivity index (χ0) is 14.5. The highest BCUT2D eigenvalue weighted by molar-refractivity contribution is 6.14. The number of carbonyl (C=O) groups is 1. The summed E-state index contributed by atoms with van der Waals surface area (Å²) in [5, 5.41) is 7.91. The van der Waals surface area contributed by atoms with Gasteiger partial charge in [0.15, 0.2) is 0 Å². The van der Waals surface area contributed by atoms with Crippen LogP contribution < -0.4 is 0 Å². The molecule has 20 heavy (non-hydrogen) atoms. The Bertz CT molecular complexity index is 578. The number of hydrogen-bond acceptors (Lipinski definition) is 2. The van der Waals surface area contributed by atoms with Crippen LogP contribution in [0.25, 0.3) is 0 Å². The maximum atomic E-state index is 12.7. The van der Waals surface area contributed by atoms with Gasteiger partial charge in [0.2, 0.25) is 5.91 Å². The van der Waals surface area contributed by atoms with Gasteiger partial charge in [-0.1, -0.05) is 18.2 Å². The topological polar surface area (TPSA) is 44.2 Å². The van der Waals surface area contributed by atoms with Gasteiger partial charge in [-0.25, -0.2) is 0 Å². The van der Waals surface area contributed by atoms with E-state index >= 15 is 0 Å². The van der Waals surface area contributed by atoms with Gasteiger partial charge >= 0.3 is 6.18 Å². The standard InChI is InChI=1S/C14H13F3N2O/c15-14(16,17)9-3-1-2-8(6-9)12-11(18)7-19(13(12)20)10-4-5-10/h1-3,6,10,12,18H,4-5,7H2. The molecule has 6 heteroatoms. The summed E-state index contributed by atoms with van der Waals surface area (Å²) in [6.45, 7) is 0.240. The van der Waals surface area contributed by atoms with E-state index in [2.05, 4.69) is 0 Å². The van der Waals surface area contributed by atoms with Crippen LogP contribution in [0.3, 0.4) is 0 Å². The first-order valence-electron chi connectivity index (χ1n) is 6.43. The summed E-state index contributed by atoms with van der Waals surface area (Å²) in [7, 11) is 0. The fraction of sp³-hybridized carbons (Fsp3) is 0.429. The first kappa shape index (κ1) is 13.1. The van der Waals surface area contributed by atoms with Gasteiger partial charge < -0.3 is 10.3 Å². The molecule has 3 rings (SSSR count). The Hall–Kier alpha value is -1.85. The summed E-state index contributed by atoms with van der Waals surface area (Å²) in [6.07, 6.45) is -2.58. The Labute approximate surface area is 113 Å². The summed E-state index contributed by atoms with van der Waals surface area (Å²) in [4.78, 5) is 13.9. The number of alkyl halides is 3. The molecule has 0 spiro atoms. The zero-order valence-corrected chi connectivity index (χ0v) is 10.6. The lowest BCUT2D eigenvalue weighted by Crippen LogP contribution is -2.28. The van der Waals surface area contributed by atoms with Crippen molar-refractivity contribution in [2.75, 3.05) is 6.54 Å². The molecule has 3 nitrogen and oxygen atoms in total. The average Bonchev–Trinajstić information content (AvgIpc) is 3.15. The second-order valence-electron chi connectivity index (χ2n) is 5.28. The molecule has 1 aromatic carbocycles. The van der Waals surface area contributed by atoms with Crippen molar-refractivity contribution in [3.63, 3.8) is 0 Å². The van der Waals surface area contributed by atoms with Crippen molar-refractivity contribution in [2.24, 2.45) is 0 Å². The van der Waals surface area contributed by atoms with E-state index in [4.69, 9.17) is 5.41 Å². The summed E-state index contributed by atoms with van der Waals surface area (Å²) in [5.41, 5.74) is -0.334. The van der Waals surface area contributed by atoms with Crippen molar-refractivity contribution in [1.29, 1.82) is 5.41 Å². The summed E-state index contributed by atoms with van der Waals surface area (Å²) < 4.78 is 38.1. The molecule has 0 radical (unpaired) electrons. The molecule has 0 aromatic heterocycles. The second kappa shape index (κ2) is 4.33. The van der Waals surface area contributed by atoms with E-state index in [1.54, 1.807) is 4.90 Å². The lowest BCUT2D eigenvalue weighted by molar-refractivity contribution is -0.137. The lowest BCUT2D eigenvalue weighted by Gasteiger charge is -2.15. The van der Waals surface area contributed by atoms with Gasteiger partial charge in [-0.2, -0.15) is 13.2 Å². The molecular formula is C14H13F3N2O. The van der Waals surface area contributed by atoms with E-state index in [1.807, 2.05) is 0 Å². The van der Waals surface area contributed by atoms with Crippen molar-refractivity contribution >= 4 is 11.6 Å². The third kappa shape index (κ3) is 2.19. The van der Waals surface area contributed by atoms with Crippen LogP contribution in [0.15, 0.2) is 24.3 Å². The fourth-order valence-corrected chi connectivity index (χ4v) is 2.60. The highest BCUT2D eigenvalue weighted by Gasteiger charge is 2.44. The van der Waals surface area contributed by atoms with Crippen LogP contribution in [0.5, 0.6) is 0 Å². The zero-order valence-electron chi connectivity index (χ0n) is 10.6. The largest absolute Gasteiger partial charge is 0.416 e. The minimum atomic E-state index is -4.43. The second-order valence-corrected chi connectivity index (χ2v) is 5.28. The fourth-order valence-electron chi connectivity index (χ4n) is 2.60. The number of nitrogens with one attached hydrogen (secondary N) is 1. The first-order chi connectivity index (χ1) is 9.38. The number of carbonyl (C=O) groups excluding carboxylic acids is 1. The molecule has 1 aromatic rings. The van der Waals surface area contributed by atoms with Crippen molar-refractivity contribution in [3.8, 4) is 0 Å². The number of rotatable bonds is 2. The summed E-state index contributed by atoms with van der Waals surface area (Å²) in [5.74, 6) is -1.09. The molecule has 2 fully saturated rings. The molecule has 1 amide bonds. The maximum Gasteiger partial charge on any atom is 0.416 e. The quantitative estimate of drug-likeness (QED) is 0.890. The van der Waals surface area contributed by atoms with Crippen LogP contribution in [0.1, 0.15) is 29.9 Å². The number of amides is 1. The van der Waals surface area contributed by atoms with E-state index in [1.165, 1.54) is 12.1 Å². The van der Waals surface area contributed by atoms with Crippen LogP contribution in [-0.2, 0) is 11.0 Å². The van der Waals surface area contributed by atoms with Gasteiger partial charge in [-0.3, -0.25) is 4.79 Å². The minimum Gasteiger partial charge on any atom is -0.333 e. The van der Waals surface area contributed by atoms with Gasteiger partial charge in [0.25, 0.3) is 0 Å². The average molecular weight is 282 g/mol. The van der Waals surface area contributed by atoms with Gasteiger partial charge in [0, 0.05) is 11.8 Å². The number of hydrogen-bond donors (Lipinski definition) is 1. The molecule has 1 aliphatic carbocycles. The van der Waals surface area contributed by atoms with Crippen molar-refractivity contribution in [3.05, 3.63) is 35.4 Å². The highest BCUT2D eigenvalue weighted by Crippen LogP contribution is 2.37. The van der Waals surface area contributed by atoms with Gasteiger partial charge in [0.05, 0.1) is 12.1 Å². The molecule has 1 aliphatic heterocycles. The van der Waals surface area contributed by atoms with E-state index in [0.717, 1.165) is 25.0 Å². The Morgan fingerprint density at radius 1 is 1.25 bits per heavy atom. The van der Waals surface area contributed by atoms with Crippen molar-refractivity contribution in [1.82, 2.24) is 4.90 Å². The maximum absolute atomic E-state index is 12.7. The Kier molecular flexibility index (Phi) is 2.84. The Morgan fingerprint density at radius 2 is 1.95 bits per heavy atom. The molecule has 1 N–H and O–H groups in total.